The monoisotopic (exact) mass is 326 g/mol. The number of carbonyl (C=O) groups is 1. The van der Waals surface area contributed by atoms with Crippen LogP contribution in [-0.4, -0.2) is 19.4 Å². The number of benzene rings is 2. The van der Waals surface area contributed by atoms with E-state index in [0.717, 1.165) is 0 Å². The second-order valence-corrected chi connectivity index (χ2v) is 10.2. The van der Waals surface area contributed by atoms with Crippen molar-refractivity contribution < 1.29 is 9.53 Å². The highest BCUT2D eigenvalue weighted by atomic mass is 32.1. The molecule has 2 aromatic carbocycles. The van der Waals surface area contributed by atoms with Crippen molar-refractivity contribution in [1.29, 1.82) is 0 Å². The van der Waals surface area contributed by atoms with Crippen LogP contribution in [0, 0.1) is 0 Å². The molecule has 0 fully saturated rings. The van der Waals surface area contributed by atoms with E-state index in [9.17, 15) is 4.79 Å². The Morgan fingerprint density at radius 3 is 2.00 bits per heavy atom. The van der Waals surface area contributed by atoms with Gasteiger partial charge in [-0.3, -0.25) is 4.79 Å². The van der Waals surface area contributed by atoms with Gasteiger partial charge in [-0.25, -0.2) is 0 Å². The van der Waals surface area contributed by atoms with Gasteiger partial charge in [0.2, 0.25) is 0 Å². The molecule has 0 spiro atoms. The maximum Gasteiger partial charge on any atom is 0.193 e. The molecular formula is C18H18O2SSi. The van der Waals surface area contributed by atoms with Crippen molar-refractivity contribution in [2.75, 3.05) is 0 Å². The highest BCUT2D eigenvalue weighted by Crippen LogP contribution is 2.15. The van der Waals surface area contributed by atoms with Crippen LogP contribution in [0.5, 0.6) is 5.75 Å². The van der Waals surface area contributed by atoms with Crippen molar-refractivity contribution in [3.05, 3.63) is 71.9 Å². The molecule has 0 aromatic heterocycles. The number of carbonyl (C=O) groups excluding carboxylic acids is 1. The van der Waals surface area contributed by atoms with Gasteiger partial charge in [0.1, 0.15) is 13.8 Å². The average molecular weight is 326 g/mol. The predicted molar refractivity (Wildman–Crippen MR) is 97.9 cm³/mol. The molecule has 0 heterocycles. The summed E-state index contributed by atoms with van der Waals surface area (Å²) in [6.07, 6.45) is 0. The van der Waals surface area contributed by atoms with Gasteiger partial charge in [0, 0.05) is 11.1 Å². The van der Waals surface area contributed by atoms with Crippen LogP contribution in [0.25, 0.3) is 0 Å². The van der Waals surface area contributed by atoms with Gasteiger partial charge in [0.15, 0.2) is 11.3 Å². The number of ether oxygens (including phenoxy) is 1. The lowest BCUT2D eigenvalue weighted by Crippen LogP contribution is -2.39. The molecule has 0 N–H and O–H groups in total. The minimum absolute atomic E-state index is 0.00136. The predicted octanol–water partition coefficient (Wildman–Crippen LogP) is 3.89. The molecule has 0 unspecified atom stereocenters. The Balaban J connectivity index is 2.22. The molecule has 0 bridgehead atoms. The standard InChI is InChI=1S/C18H18O2SSi/c1-4-22(2,3)17-11-7-15(8-12-17)18(19)14-5-9-16(10-6-14)20-13-21/h4-13H,1H2,2-3H3. The molecule has 2 rings (SSSR count). The Morgan fingerprint density at radius 1 is 1.05 bits per heavy atom. The maximum absolute atomic E-state index is 12.5. The van der Waals surface area contributed by atoms with E-state index in [4.69, 9.17) is 4.74 Å². The number of hydrogen-bond donors (Lipinski definition) is 0. The smallest absolute Gasteiger partial charge is 0.193 e. The molecule has 0 atom stereocenters. The summed E-state index contributed by atoms with van der Waals surface area (Å²) in [6, 6.07) is 14.8. The van der Waals surface area contributed by atoms with E-state index in [1.807, 2.05) is 30.0 Å². The topological polar surface area (TPSA) is 26.3 Å². The third-order valence-corrected chi connectivity index (χ3v) is 6.64. The molecular weight excluding hydrogens is 308 g/mol. The van der Waals surface area contributed by atoms with E-state index in [2.05, 4.69) is 31.9 Å². The molecule has 22 heavy (non-hydrogen) atoms. The maximum atomic E-state index is 12.5. The molecule has 2 aromatic rings. The van der Waals surface area contributed by atoms with Crippen LogP contribution < -0.4 is 9.92 Å². The van der Waals surface area contributed by atoms with E-state index in [1.165, 1.54) is 10.7 Å². The molecule has 0 saturated heterocycles. The van der Waals surface area contributed by atoms with Crippen molar-refractivity contribution in [2.45, 2.75) is 13.1 Å². The molecule has 112 valence electrons. The minimum Gasteiger partial charge on any atom is -0.454 e. The quantitative estimate of drug-likeness (QED) is 0.457. The van der Waals surface area contributed by atoms with Crippen LogP contribution >= 0.6 is 12.2 Å². The zero-order valence-corrected chi connectivity index (χ0v) is 14.5. The molecule has 4 heteroatoms. The van der Waals surface area contributed by atoms with Crippen LogP contribution in [-0.2, 0) is 0 Å². The van der Waals surface area contributed by atoms with Gasteiger partial charge in [-0.05, 0) is 36.5 Å². The van der Waals surface area contributed by atoms with Crippen LogP contribution in [0.4, 0.5) is 0 Å². The van der Waals surface area contributed by atoms with Gasteiger partial charge in [0.05, 0.1) is 0 Å². The second kappa shape index (κ2) is 6.81. The van der Waals surface area contributed by atoms with Gasteiger partial charge in [-0.2, -0.15) is 0 Å². The van der Waals surface area contributed by atoms with Gasteiger partial charge >= 0.3 is 0 Å². The molecule has 0 aliphatic rings. The second-order valence-electron chi connectivity index (χ2n) is 5.57. The SMILES string of the molecule is C=C[Si](C)(C)c1ccc(C(=O)c2ccc(OC=S)cc2)cc1. The van der Waals surface area contributed by atoms with Crippen LogP contribution in [0.2, 0.25) is 13.1 Å². The van der Waals surface area contributed by atoms with Crippen LogP contribution in [0.15, 0.2) is 60.8 Å². The van der Waals surface area contributed by atoms with Gasteiger partial charge < -0.3 is 4.74 Å². The number of rotatable bonds is 6. The first-order valence-electron chi connectivity index (χ1n) is 6.97. The van der Waals surface area contributed by atoms with E-state index in [0.29, 0.717) is 16.9 Å². The van der Waals surface area contributed by atoms with Gasteiger partial charge in [-0.1, -0.05) is 48.2 Å². The first kappa shape index (κ1) is 16.3. The summed E-state index contributed by atoms with van der Waals surface area (Å²) < 4.78 is 5.09. The molecule has 0 saturated carbocycles. The summed E-state index contributed by atoms with van der Waals surface area (Å²) in [5.74, 6) is 0.624. The van der Waals surface area contributed by atoms with Gasteiger partial charge in [0.25, 0.3) is 0 Å². The van der Waals surface area contributed by atoms with Crippen molar-refractivity contribution in [3.8, 4) is 5.75 Å². The van der Waals surface area contributed by atoms with Crippen molar-refractivity contribution >= 4 is 36.8 Å². The molecule has 0 aliphatic heterocycles. The summed E-state index contributed by atoms with van der Waals surface area (Å²) in [7, 11) is -1.58. The van der Waals surface area contributed by atoms with E-state index >= 15 is 0 Å². The lowest BCUT2D eigenvalue weighted by Gasteiger charge is -2.17. The largest absolute Gasteiger partial charge is 0.454 e. The van der Waals surface area contributed by atoms with Crippen molar-refractivity contribution in [2.24, 2.45) is 0 Å². The summed E-state index contributed by atoms with van der Waals surface area (Å²) in [5, 5.41) is 1.27. The summed E-state index contributed by atoms with van der Waals surface area (Å²) >= 11 is 4.63. The molecule has 0 amide bonds. The highest BCUT2D eigenvalue weighted by Gasteiger charge is 2.19. The average Bonchev–Trinajstić information content (AvgIpc) is 2.55. The summed E-state index contributed by atoms with van der Waals surface area (Å²) in [6.45, 7) is 8.37. The first-order valence-corrected chi connectivity index (χ1v) is 10.5. The fourth-order valence-electron chi connectivity index (χ4n) is 2.08. The Kier molecular flexibility index (Phi) is 5.06. The number of hydrogen-bond acceptors (Lipinski definition) is 3. The Hall–Kier alpha value is -2.04. The normalized spacial score (nSPS) is 10.8. The molecule has 0 aliphatic carbocycles. The third kappa shape index (κ3) is 3.58. The highest BCUT2D eigenvalue weighted by molar-refractivity contribution is 7.78. The van der Waals surface area contributed by atoms with Crippen LogP contribution in [0.3, 0.4) is 0 Å². The molecule has 2 nitrogen and oxygen atoms in total. The fraction of sp³-hybridized carbons (Fsp3) is 0.111. The Morgan fingerprint density at radius 2 is 1.55 bits per heavy atom. The van der Waals surface area contributed by atoms with E-state index < -0.39 is 8.07 Å². The summed E-state index contributed by atoms with van der Waals surface area (Å²) in [5.41, 5.74) is 4.55. The zero-order chi connectivity index (χ0) is 16.2. The minimum atomic E-state index is -1.58. The number of ketones is 1. The van der Waals surface area contributed by atoms with E-state index in [1.54, 1.807) is 24.3 Å². The number of thiocarbonyl (C=S) groups is 1. The first-order chi connectivity index (χ1) is 10.5. The fourth-order valence-corrected chi connectivity index (χ4v) is 3.45. The molecule has 0 radical (unpaired) electrons. The van der Waals surface area contributed by atoms with Crippen molar-refractivity contribution in [1.82, 2.24) is 0 Å². The summed E-state index contributed by atoms with van der Waals surface area (Å²) in [4.78, 5) is 12.5. The van der Waals surface area contributed by atoms with Crippen molar-refractivity contribution in [3.63, 3.8) is 0 Å². The van der Waals surface area contributed by atoms with Gasteiger partial charge in [-0.15, -0.1) is 6.58 Å². The Labute approximate surface area is 137 Å². The lowest BCUT2D eigenvalue weighted by molar-refractivity contribution is 0.103. The van der Waals surface area contributed by atoms with E-state index in [-0.39, 0.29) is 5.78 Å². The zero-order valence-electron chi connectivity index (χ0n) is 12.7. The third-order valence-electron chi connectivity index (χ3n) is 3.70. The Bertz CT molecular complexity index is 688. The van der Waals surface area contributed by atoms with Crippen LogP contribution in [0.1, 0.15) is 15.9 Å². The lowest BCUT2D eigenvalue weighted by atomic mass is 10.0.